The van der Waals surface area contributed by atoms with E-state index in [1.165, 1.54) is 7.11 Å². The minimum absolute atomic E-state index is 0.0551. The largest absolute Gasteiger partial charge is 0.465 e. The minimum Gasteiger partial charge on any atom is -0.465 e. The van der Waals surface area contributed by atoms with Crippen LogP contribution in [0.4, 0.5) is 0 Å². The Kier molecular flexibility index (Phi) is 4.24. The molecule has 2 aromatic carbocycles. The van der Waals surface area contributed by atoms with Crippen LogP contribution in [-0.2, 0) is 9.53 Å². The van der Waals surface area contributed by atoms with Crippen LogP contribution in [-0.4, -0.2) is 13.1 Å². The Morgan fingerprint density at radius 3 is 2.59 bits per heavy atom. The number of hydrogen-bond donors (Lipinski definition) is 1. The molecular formula is C20H14BrNO5. The molecule has 0 radical (unpaired) electrons. The highest BCUT2D eigenvalue weighted by molar-refractivity contribution is 9.10. The smallest absolute Gasteiger partial charge is 0.344 e. The molecule has 7 heteroatoms. The highest BCUT2D eigenvalue weighted by atomic mass is 79.9. The summed E-state index contributed by atoms with van der Waals surface area (Å²) in [7, 11) is 1.25. The van der Waals surface area contributed by atoms with Crippen LogP contribution >= 0.6 is 15.9 Å². The van der Waals surface area contributed by atoms with E-state index in [1.807, 2.05) is 18.2 Å². The molecule has 0 fully saturated rings. The van der Waals surface area contributed by atoms with Gasteiger partial charge in [-0.1, -0.05) is 46.3 Å². The number of benzene rings is 2. The van der Waals surface area contributed by atoms with Crippen molar-refractivity contribution in [3.8, 4) is 5.75 Å². The van der Waals surface area contributed by atoms with Crippen LogP contribution in [0.2, 0.25) is 0 Å². The summed E-state index contributed by atoms with van der Waals surface area (Å²) in [6.45, 7) is 0. The molecule has 4 rings (SSSR count). The van der Waals surface area contributed by atoms with Gasteiger partial charge < -0.3 is 19.6 Å². The number of methoxy groups -OCH3 is 1. The van der Waals surface area contributed by atoms with Gasteiger partial charge in [0.15, 0.2) is 5.75 Å². The second kappa shape index (κ2) is 6.59. The molecule has 2 N–H and O–H groups in total. The summed E-state index contributed by atoms with van der Waals surface area (Å²) in [6, 6.07) is 14.3. The third-order valence-electron chi connectivity index (χ3n) is 4.48. The molecule has 1 aromatic heterocycles. The zero-order valence-electron chi connectivity index (χ0n) is 14.2. The monoisotopic (exact) mass is 427 g/mol. The van der Waals surface area contributed by atoms with Gasteiger partial charge in [0, 0.05) is 4.47 Å². The molecule has 0 spiro atoms. The molecule has 3 aromatic rings. The summed E-state index contributed by atoms with van der Waals surface area (Å²) < 4.78 is 16.8. The molecular weight excluding hydrogens is 414 g/mol. The van der Waals surface area contributed by atoms with E-state index in [0.29, 0.717) is 21.0 Å². The number of para-hydroxylation sites is 1. The van der Waals surface area contributed by atoms with E-state index < -0.39 is 17.5 Å². The predicted molar refractivity (Wildman–Crippen MR) is 102 cm³/mol. The maximum Gasteiger partial charge on any atom is 0.344 e. The van der Waals surface area contributed by atoms with Crippen molar-refractivity contribution >= 4 is 32.9 Å². The lowest BCUT2D eigenvalue weighted by atomic mass is 9.83. The lowest BCUT2D eigenvalue weighted by Gasteiger charge is -2.28. The van der Waals surface area contributed by atoms with Crippen LogP contribution in [0.5, 0.6) is 5.75 Å². The first-order valence-corrected chi connectivity index (χ1v) is 8.88. The zero-order chi connectivity index (χ0) is 19.1. The standard InChI is InChI=1S/C20H14BrNO5/c1-25-19(23)16-14(10-6-2-4-8-12(10)21)15-17(27-18(16)22)11-7-3-5-9-13(11)26-20(15)24/h2-9,14H,22H2,1H3/t14-/m1/s1. The molecule has 0 amide bonds. The molecule has 0 bridgehead atoms. The van der Waals surface area contributed by atoms with E-state index in [9.17, 15) is 9.59 Å². The van der Waals surface area contributed by atoms with Crippen molar-refractivity contribution < 1.29 is 18.7 Å². The van der Waals surface area contributed by atoms with Gasteiger partial charge in [-0.05, 0) is 23.8 Å². The molecule has 0 aliphatic carbocycles. The first-order valence-electron chi connectivity index (χ1n) is 8.09. The molecule has 136 valence electrons. The number of rotatable bonds is 2. The van der Waals surface area contributed by atoms with Crippen LogP contribution in [0, 0.1) is 0 Å². The highest BCUT2D eigenvalue weighted by Crippen LogP contribution is 2.45. The summed E-state index contributed by atoms with van der Waals surface area (Å²) in [5.41, 5.74) is 6.81. The van der Waals surface area contributed by atoms with Crippen LogP contribution in [0.15, 0.2) is 73.7 Å². The second-order valence-corrected chi connectivity index (χ2v) is 6.81. The molecule has 0 saturated carbocycles. The van der Waals surface area contributed by atoms with E-state index in [2.05, 4.69) is 15.9 Å². The van der Waals surface area contributed by atoms with Crippen molar-refractivity contribution in [3.63, 3.8) is 0 Å². The van der Waals surface area contributed by atoms with Gasteiger partial charge in [0.1, 0.15) is 11.2 Å². The van der Waals surface area contributed by atoms with E-state index in [4.69, 9.17) is 19.6 Å². The number of fused-ring (bicyclic) bond motifs is 3. The molecule has 1 aliphatic rings. The van der Waals surface area contributed by atoms with Gasteiger partial charge in [-0.25, -0.2) is 9.59 Å². The molecule has 6 nitrogen and oxygen atoms in total. The van der Waals surface area contributed by atoms with Crippen LogP contribution in [0.25, 0.3) is 11.0 Å². The summed E-state index contributed by atoms with van der Waals surface area (Å²) in [4.78, 5) is 25.3. The molecule has 2 heterocycles. The summed E-state index contributed by atoms with van der Waals surface area (Å²) in [5.74, 6) is -1.29. The number of carbonyl (C=O) groups excluding carboxylic acids is 1. The van der Waals surface area contributed by atoms with Gasteiger partial charge in [-0.2, -0.15) is 0 Å². The quantitative estimate of drug-likeness (QED) is 0.497. The van der Waals surface area contributed by atoms with Crippen molar-refractivity contribution in [2.24, 2.45) is 5.73 Å². The van der Waals surface area contributed by atoms with E-state index in [0.717, 1.165) is 0 Å². The summed E-state index contributed by atoms with van der Waals surface area (Å²) in [6.07, 6.45) is 0. The lowest BCUT2D eigenvalue weighted by molar-refractivity contribution is -0.136. The van der Waals surface area contributed by atoms with Gasteiger partial charge in [0.05, 0.1) is 24.0 Å². The van der Waals surface area contributed by atoms with E-state index in [1.54, 1.807) is 30.3 Å². The SMILES string of the molecule is COC(=O)C1=C(N)Oc2c(c(=O)oc3ccccc23)[C@H]1c1ccccc1Br. The molecule has 0 saturated heterocycles. The van der Waals surface area contributed by atoms with Crippen LogP contribution in [0.3, 0.4) is 0 Å². The summed E-state index contributed by atoms with van der Waals surface area (Å²) >= 11 is 3.49. The Bertz CT molecular complexity index is 1160. The first kappa shape index (κ1) is 17.4. The Morgan fingerprint density at radius 1 is 1.15 bits per heavy atom. The third-order valence-corrected chi connectivity index (χ3v) is 5.20. The number of hydrogen-bond acceptors (Lipinski definition) is 6. The maximum absolute atomic E-state index is 12.9. The summed E-state index contributed by atoms with van der Waals surface area (Å²) in [5, 5.41) is 0.594. The highest BCUT2D eigenvalue weighted by Gasteiger charge is 2.39. The van der Waals surface area contributed by atoms with Crippen molar-refractivity contribution in [1.29, 1.82) is 0 Å². The number of halogens is 1. The lowest BCUT2D eigenvalue weighted by Crippen LogP contribution is -2.30. The van der Waals surface area contributed by atoms with Gasteiger partial charge in [0.2, 0.25) is 5.88 Å². The van der Waals surface area contributed by atoms with Crippen LogP contribution < -0.4 is 16.1 Å². The fourth-order valence-electron chi connectivity index (χ4n) is 3.29. The number of nitrogens with two attached hydrogens (primary N) is 1. The van der Waals surface area contributed by atoms with Crippen molar-refractivity contribution in [2.75, 3.05) is 7.11 Å². The maximum atomic E-state index is 12.9. The van der Waals surface area contributed by atoms with E-state index >= 15 is 0 Å². The Balaban J connectivity index is 2.11. The molecule has 1 atom stereocenters. The first-order chi connectivity index (χ1) is 13.0. The van der Waals surface area contributed by atoms with E-state index in [-0.39, 0.29) is 22.8 Å². The average Bonchev–Trinajstić information content (AvgIpc) is 2.67. The fourth-order valence-corrected chi connectivity index (χ4v) is 3.81. The fraction of sp³-hybridized carbons (Fsp3) is 0.100. The molecule has 27 heavy (non-hydrogen) atoms. The predicted octanol–water partition coefficient (Wildman–Crippen LogP) is 3.42. The third kappa shape index (κ3) is 2.71. The average molecular weight is 428 g/mol. The van der Waals surface area contributed by atoms with Gasteiger partial charge >= 0.3 is 11.6 Å². The topological polar surface area (TPSA) is 91.8 Å². The second-order valence-electron chi connectivity index (χ2n) is 5.95. The van der Waals surface area contributed by atoms with Gasteiger partial charge in [-0.15, -0.1) is 0 Å². The zero-order valence-corrected chi connectivity index (χ0v) is 15.8. The van der Waals surface area contributed by atoms with Gasteiger partial charge in [0.25, 0.3) is 0 Å². The van der Waals surface area contributed by atoms with Gasteiger partial charge in [-0.3, -0.25) is 0 Å². The Morgan fingerprint density at radius 2 is 1.85 bits per heavy atom. The molecule has 1 aliphatic heterocycles. The minimum atomic E-state index is -0.794. The molecule has 0 unspecified atom stereocenters. The van der Waals surface area contributed by atoms with Crippen LogP contribution in [0.1, 0.15) is 17.0 Å². The Labute approximate surface area is 162 Å². The Hall–Kier alpha value is -3.06. The van der Waals surface area contributed by atoms with Crippen molar-refractivity contribution in [1.82, 2.24) is 0 Å². The number of carbonyl (C=O) groups is 1. The van der Waals surface area contributed by atoms with Crippen molar-refractivity contribution in [2.45, 2.75) is 5.92 Å². The number of ether oxygens (including phenoxy) is 2. The van der Waals surface area contributed by atoms with Crippen molar-refractivity contribution in [3.05, 3.63) is 86.0 Å². The number of esters is 1. The normalized spacial score (nSPS) is 16.0.